The van der Waals surface area contributed by atoms with Crippen LogP contribution in [0.5, 0.6) is 0 Å². The molecule has 0 atom stereocenters. The molecule has 1 aliphatic carbocycles. The number of rotatable bonds is 8. The van der Waals surface area contributed by atoms with Crippen molar-refractivity contribution in [1.29, 1.82) is 0 Å². The third kappa shape index (κ3) is 9.43. The summed E-state index contributed by atoms with van der Waals surface area (Å²) in [6.07, 6.45) is 0. The summed E-state index contributed by atoms with van der Waals surface area (Å²) in [5.41, 5.74) is 6.85. The summed E-state index contributed by atoms with van der Waals surface area (Å²) in [4.78, 5) is 38.1. The molecule has 2 nitrogen and oxygen atoms in total. The summed E-state index contributed by atoms with van der Waals surface area (Å²) >= 11 is 6.54. The van der Waals surface area contributed by atoms with Crippen LogP contribution in [-0.2, 0) is 21.7 Å². The van der Waals surface area contributed by atoms with E-state index in [-0.39, 0.29) is 33.2 Å². The zero-order valence-electron chi connectivity index (χ0n) is 37.0. The molecule has 7 rings (SSSR count). The maximum atomic E-state index is 15.2. The van der Waals surface area contributed by atoms with Crippen LogP contribution in [0.1, 0.15) is 137 Å². The van der Waals surface area contributed by atoms with Gasteiger partial charge < -0.3 is 0 Å². The predicted molar refractivity (Wildman–Crippen MR) is 257 cm³/mol. The summed E-state index contributed by atoms with van der Waals surface area (Å²) < 4.78 is 0. The van der Waals surface area contributed by atoms with Crippen LogP contribution in [0.3, 0.4) is 0 Å². The van der Waals surface area contributed by atoms with Gasteiger partial charge in [-0.2, -0.15) is 0 Å². The van der Waals surface area contributed by atoms with Crippen LogP contribution in [0.4, 0.5) is 0 Å². The molecule has 0 N–H and O–H groups in total. The van der Waals surface area contributed by atoms with Gasteiger partial charge in [0.05, 0.1) is 11.1 Å². The van der Waals surface area contributed by atoms with Crippen LogP contribution >= 0.6 is 47.0 Å². The van der Waals surface area contributed by atoms with Gasteiger partial charge in [-0.05, 0) is 92.4 Å². The number of ketones is 2. The Labute approximate surface area is 375 Å². The van der Waals surface area contributed by atoms with Crippen molar-refractivity contribution in [3.05, 3.63) is 166 Å². The Morgan fingerprint density at radius 3 is 0.733 bits per heavy atom. The molecule has 0 aromatic heterocycles. The number of hydrogen-bond acceptors (Lipinski definition) is 6. The van der Waals surface area contributed by atoms with Crippen molar-refractivity contribution in [3.8, 4) is 0 Å². The predicted octanol–water partition coefficient (Wildman–Crippen LogP) is 16.3. The molecule has 0 heterocycles. The summed E-state index contributed by atoms with van der Waals surface area (Å²) in [6.45, 7) is 26.7. The molecule has 0 spiro atoms. The van der Waals surface area contributed by atoms with Gasteiger partial charge in [0.25, 0.3) is 0 Å². The van der Waals surface area contributed by atoms with E-state index >= 15 is 9.59 Å². The lowest BCUT2D eigenvalue weighted by atomic mass is 9.84. The zero-order chi connectivity index (χ0) is 43.4. The lowest BCUT2D eigenvalue weighted by Crippen LogP contribution is -2.23. The van der Waals surface area contributed by atoms with Crippen LogP contribution < -0.4 is 0 Å². The van der Waals surface area contributed by atoms with Gasteiger partial charge in [-0.25, -0.2) is 0 Å². The minimum atomic E-state index is -0.116. The van der Waals surface area contributed by atoms with Gasteiger partial charge in [0.1, 0.15) is 0 Å². The first kappa shape index (κ1) is 44.1. The van der Waals surface area contributed by atoms with Crippen molar-refractivity contribution >= 4 is 58.6 Å². The number of carbonyl (C=O) groups excluding carboxylic acids is 2. The molecule has 0 aliphatic heterocycles. The van der Waals surface area contributed by atoms with Gasteiger partial charge in [-0.15, -0.1) is 0 Å². The summed E-state index contributed by atoms with van der Waals surface area (Å²) in [6, 6.07) is 42.4. The van der Waals surface area contributed by atoms with E-state index in [0.29, 0.717) is 22.3 Å². The maximum Gasteiger partial charge on any atom is 0.195 e. The second kappa shape index (κ2) is 16.7. The van der Waals surface area contributed by atoms with Crippen molar-refractivity contribution in [1.82, 2.24) is 0 Å². The molecule has 60 heavy (non-hydrogen) atoms. The summed E-state index contributed by atoms with van der Waals surface area (Å²) in [5.74, 6) is -0.232. The van der Waals surface area contributed by atoms with E-state index in [4.69, 9.17) is 0 Å². The molecule has 6 aromatic carbocycles. The Kier molecular flexibility index (Phi) is 12.3. The summed E-state index contributed by atoms with van der Waals surface area (Å²) in [5, 5.41) is 0. The molecule has 0 bridgehead atoms. The molecular formula is C54H56O2S4. The Hall–Kier alpha value is -3.94. The normalized spacial score (nSPS) is 13.3. The second-order valence-corrected chi connectivity index (χ2v) is 24.1. The topological polar surface area (TPSA) is 34.1 Å². The van der Waals surface area contributed by atoms with Crippen LogP contribution in [0.2, 0.25) is 0 Å². The average molecular weight is 865 g/mol. The zero-order valence-corrected chi connectivity index (χ0v) is 40.3. The molecule has 6 heteroatoms. The first-order valence-electron chi connectivity index (χ1n) is 20.7. The molecule has 308 valence electrons. The second-order valence-electron chi connectivity index (χ2n) is 19.8. The van der Waals surface area contributed by atoms with Crippen molar-refractivity contribution in [2.45, 2.75) is 144 Å². The molecule has 0 saturated carbocycles. The van der Waals surface area contributed by atoms with Crippen molar-refractivity contribution < 1.29 is 9.59 Å². The van der Waals surface area contributed by atoms with Gasteiger partial charge in [-0.1, -0.05) is 203 Å². The fourth-order valence-corrected chi connectivity index (χ4v) is 11.9. The van der Waals surface area contributed by atoms with Gasteiger partial charge >= 0.3 is 0 Å². The van der Waals surface area contributed by atoms with Crippen LogP contribution in [0.15, 0.2) is 160 Å². The first-order chi connectivity index (χ1) is 28.1. The monoisotopic (exact) mass is 864 g/mol. The van der Waals surface area contributed by atoms with Gasteiger partial charge in [0, 0.05) is 50.3 Å². The maximum absolute atomic E-state index is 15.2. The molecule has 0 saturated heterocycles. The van der Waals surface area contributed by atoms with Gasteiger partial charge in [-0.3, -0.25) is 9.59 Å². The molecule has 0 unspecified atom stereocenters. The highest BCUT2D eigenvalue weighted by Gasteiger charge is 2.38. The number of hydrogen-bond donors (Lipinski definition) is 0. The third-order valence-electron chi connectivity index (χ3n) is 11.0. The largest absolute Gasteiger partial charge is 0.289 e. The van der Waals surface area contributed by atoms with Gasteiger partial charge in [0.15, 0.2) is 11.6 Å². The highest BCUT2D eigenvalue weighted by atomic mass is 32.2. The van der Waals surface area contributed by atoms with Crippen molar-refractivity contribution in [2.24, 2.45) is 0 Å². The van der Waals surface area contributed by atoms with E-state index in [0.717, 1.165) is 39.2 Å². The quantitative estimate of drug-likeness (QED) is 0.151. The third-order valence-corrected chi connectivity index (χ3v) is 15.8. The lowest BCUT2D eigenvalue weighted by Gasteiger charge is -2.28. The molecule has 6 aromatic rings. The Bertz CT molecular complexity index is 2380. The highest BCUT2D eigenvalue weighted by Crippen LogP contribution is 2.55. The first-order valence-corrected chi connectivity index (χ1v) is 23.9. The molecule has 0 fully saturated rings. The van der Waals surface area contributed by atoms with E-state index in [1.165, 1.54) is 22.3 Å². The SMILES string of the molecule is CC(C)(C)c1ccc(Sc2c(Sc3ccc(C(C)(C)C)cc3)c(Sc3ccc(C(C)(C)C)cc3)c3c(c2Sc2ccc(C(C)(C)C)cc2)C(=O)c2ccccc2C3=O)cc1. The van der Waals surface area contributed by atoms with Crippen molar-refractivity contribution in [2.75, 3.05) is 0 Å². The number of carbonyl (C=O) groups is 2. The molecule has 1 aliphatic rings. The minimum absolute atomic E-state index is 0.00198. The minimum Gasteiger partial charge on any atom is -0.289 e. The molecule has 0 radical (unpaired) electrons. The van der Waals surface area contributed by atoms with Gasteiger partial charge in [0.2, 0.25) is 0 Å². The Morgan fingerprint density at radius 1 is 0.300 bits per heavy atom. The Balaban J connectivity index is 1.54. The fraction of sp³-hybridized carbons (Fsp3) is 0.296. The smallest absolute Gasteiger partial charge is 0.195 e. The standard InChI is InChI=1S/C54H56O2S4/c1-51(2,3)33-17-25-37(26-18-33)57-47-43-44(46(56)42-16-14-13-15-41(42)45(43)55)48(58-38-27-19-34(20-28-38)52(4,5)6)50(60-40-31-23-36(24-32-40)54(10,11)12)49(47)59-39-29-21-35(22-30-39)53(7,8)9/h13-32H,1-12H3. The lowest BCUT2D eigenvalue weighted by molar-refractivity contribution is 0.0973. The van der Waals surface area contributed by atoms with E-state index in [1.807, 2.05) is 12.1 Å². The van der Waals surface area contributed by atoms with Crippen LogP contribution in [0, 0.1) is 0 Å². The average Bonchev–Trinajstić information content (AvgIpc) is 3.18. The van der Waals surface area contributed by atoms with Crippen LogP contribution in [0.25, 0.3) is 0 Å². The highest BCUT2D eigenvalue weighted by molar-refractivity contribution is 8.05. The van der Waals surface area contributed by atoms with Crippen molar-refractivity contribution in [3.63, 3.8) is 0 Å². The van der Waals surface area contributed by atoms with Crippen LogP contribution in [-0.4, -0.2) is 11.6 Å². The molecular weight excluding hydrogens is 809 g/mol. The summed E-state index contributed by atoms with van der Waals surface area (Å²) in [7, 11) is 0. The Morgan fingerprint density at radius 2 is 0.517 bits per heavy atom. The van der Waals surface area contributed by atoms with E-state index in [2.05, 4.69) is 180 Å². The van der Waals surface area contributed by atoms with E-state index in [9.17, 15) is 0 Å². The van der Waals surface area contributed by atoms with E-state index in [1.54, 1.807) is 59.2 Å². The van der Waals surface area contributed by atoms with E-state index < -0.39 is 0 Å². The number of fused-ring (bicyclic) bond motifs is 2. The molecule has 0 amide bonds. The number of benzene rings is 6. The fourth-order valence-electron chi connectivity index (χ4n) is 7.19.